The Kier molecular flexibility index (Phi) is 3.98. The van der Waals surface area contributed by atoms with Crippen LogP contribution >= 0.6 is 0 Å². The number of aromatic nitrogens is 2. The fourth-order valence-electron chi connectivity index (χ4n) is 4.00. The molecule has 1 aromatic carbocycles. The van der Waals surface area contributed by atoms with E-state index in [1.807, 2.05) is 6.08 Å². The highest BCUT2D eigenvalue weighted by atomic mass is 16.5. The molecule has 0 amide bonds. The summed E-state index contributed by atoms with van der Waals surface area (Å²) in [6, 6.07) is 8.81. The summed E-state index contributed by atoms with van der Waals surface area (Å²) in [4.78, 5) is 9.32. The van der Waals surface area contributed by atoms with Crippen LogP contribution in [0.1, 0.15) is 65.9 Å². The molecule has 1 aliphatic carbocycles. The normalized spacial score (nSPS) is 22.6. The van der Waals surface area contributed by atoms with Gasteiger partial charge in [0, 0.05) is 0 Å². The van der Waals surface area contributed by atoms with Crippen LogP contribution in [-0.4, -0.2) is 23.2 Å². The zero-order chi connectivity index (χ0) is 17.5. The zero-order valence-corrected chi connectivity index (χ0v) is 14.8. The van der Waals surface area contributed by atoms with Gasteiger partial charge in [-0.3, -0.25) is 0 Å². The molecule has 1 fully saturated rings. The van der Waals surface area contributed by atoms with E-state index < -0.39 is 0 Å². The molecule has 0 spiro atoms. The van der Waals surface area contributed by atoms with Crippen LogP contribution in [0.25, 0.3) is 5.57 Å². The van der Waals surface area contributed by atoms with Crippen molar-refractivity contribution >= 4 is 11.4 Å². The van der Waals surface area contributed by atoms with E-state index in [1.54, 1.807) is 0 Å². The fraction of sp³-hybridized carbons (Fsp3) is 0.429. The minimum atomic E-state index is -0.168. The molecule has 5 nitrogen and oxygen atoms in total. The molecular weight excluding hydrogens is 326 g/mol. The molecule has 0 radical (unpaired) electrons. The van der Waals surface area contributed by atoms with Crippen molar-refractivity contribution in [1.29, 1.82) is 0 Å². The van der Waals surface area contributed by atoms with Gasteiger partial charge in [0.1, 0.15) is 11.9 Å². The van der Waals surface area contributed by atoms with Gasteiger partial charge in [-0.1, -0.05) is 36.8 Å². The fourth-order valence-corrected chi connectivity index (χ4v) is 4.00. The lowest BCUT2D eigenvalue weighted by Gasteiger charge is -2.26. The summed E-state index contributed by atoms with van der Waals surface area (Å²) < 4.78 is 11.4. The predicted molar refractivity (Wildman–Crippen MR) is 99.5 cm³/mol. The summed E-state index contributed by atoms with van der Waals surface area (Å²) in [5.41, 5.74) is 11.8. The van der Waals surface area contributed by atoms with Crippen molar-refractivity contribution in [3.63, 3.8) is 0 Å². The number of benzene rings is 1. The lowest BCUT2D eigenvalue weighted by molar-refractivity contribution is 0.0931. The number of nitrogens with two attached hydrogens (primary N) is 1. The number of anilines is 1. The summed E-state index contributed by atoms with van der Waals surface area (Å²) in [7, 11) is 0. The summed E-state index contributed by atoms with van der Waals surface area (Å²) in [5.74, 6) is 1.99. The number of ether oxygens (including phenoxy) is 2. The number of nitrogen functional groups attached to an aromatic ring is 1. The average molecular weight is 349 g/mol. The number of fused-ring (bicyclic) bond motifs is 1. The third-order valence-corrected chi connectivity index (χ3v) is 5.77. The van der Waals surface area contributed by atoms with Crippen molar-refractivity contribution in [2.45, 2.75) is 44.3 Å². The minimum Gasteiger partial charge on any atom is -0.383 e. The minimum absolute atomic E-state index is 0.168. The molecule has 0 saturated heterocycles. The van der Waals surface area contributed by atoms with Crippen LogP contribution in [0.4, 0.5) is 5.82 Å². The third-order valence-electron chi connectivity index (χ3n) is 5.77. The Morgan fingerprint density at radius 1 is 1.04 bits per heavy atom. The molecule has 3 heterocycles. The molecule has 2 aliphatic heterocycles. The maximum atomic E-state index is 6.33. The summed E-state index contributed by atoms with van der Waals surface area (Å²) in [6.07, 6.45) is 6.67. The largest absolute Gasteiger partial charge is 0.383 e. The van der Waals surface area contributed by atoms with Gasteiger partial charge in [0.05, 0.1) is 31.1 Å². The maximum Gasteiger partial charge on any atom is 0.157 e. The van der Waals surface area contributed by atoms with Crippen LogP contribution in [0.2, 0.25) is 0 Å². The van der Waals surface area contributed by atoms with E-state index in [0.717, 1.165) is 34.7 Å². The smallest absolute Gasteiger partial charge is 0.157 e. The van der Waals surface area contributed by atoms with Crippen molar-refractivity contribution in [3.8, 4) is 0 Å². The van der Waals surface area contributed by atoms with E-state index in [2.05, 4.69) is 29.2 Å². The first kappa shape index (κ1) is 16.0. The first-order valence-corrected chi connectivity index (χ1v) is 9.44. The lowest BCUT2D eigenvalue weighted by Crippen LogP contribution is -2.11. The maximum absolute atomic E-state index is 6.33. The highest BCUT2D eigenvalue weighted by molar-refractivity contribution is 5.63. The van der Waals surface area contributed by atoms with E-state index in [9.17, 15) is 0 Å². The summed E-state index contributed by atoms with van der Waals surface area (Å²) >= 11 is 0. The third kappa shape index (κ3) is 2.72. The Hall–Kier alpha value is -2.24. The van der Waals surface area contributed by atoms with E-state index in [1.165, 1.54) is 24.8 Å². The molecular formula is C21H23N3O2. The van der Waals surface area contributed by atoms with Gasteiger partial charge in [0.2, 0.25) is 0 Å². The van der Waals surface area contributed by atoms with Crippen molar-refractivity contribution < 1.29 is 9.47 Å². The second kappa shape index (κ2) is 6.49. The second-order valence-electron chi connectivity index (χ2n) is 7.33. The summed E-state index contributed by atoms with van der Waals surface area (Å²) in [5, 5.41) is 0. The monoisotopic (exact) mass is 349 g/mol. The van der Waals surface area contributed by atoms with Crippen LogP contribution in [0.15, 0.2) is 30.3 Å². The number of hydrogen-bond donors (Lipinski definition) is 1. The van der Waals surface area contributed by atoms with Gasteiger partial charge in [-0.25, -0.2) is 9.97 Å². The van der Waals surface area contributed by atoms with Gasteiger partial charge in [-0.05, 0) is 41.9 Å². The number of hydrogen-bond acceptors (Lipinski definition) is 5. The van der Waals surface area contributed by atoms with Crippen LogP contribution in [0.5, 0.6) is 0 Å². The highest BCUT2D eigenvalue weighted by Crippen LogP contribution is 2.40. The Balaban J connectivity index is 1.45. The van der Waals surface area contributed by atoms with E-state index in [0.29, 0.717) is 31.5 Å². The van der Waals surface area contributed by atoms with Crippen molar-refractivity contribution in [2.75, 3.05) is 18.9 Å². The van der Waals surface area contributed by atoms with Crippen LogP contribution in [-0.2, 0) is 16.1 Å². The quantitative estimate of drug-likeness (QED) is 0.914. The van der Waals surface area contributed by atoms with Gasteiger partial charge >= 0.3 is 0 Å². The van der Waals surface area contributed by atoms with Gasteiger partial charge in [-0.15, -0.1) is 0 Å². The lowest BCUT2D eigenvalue weighted by atomic mass is 9.80. The molecule has 134 valence electrons. The first-order chi connectivity index (χ1) is 12.8. The van der Waals surface area contributed by atoms with Gasteiger partial charge in [0.25, 0.3) is 0 Å². The molecule has 5 rings (SSSR count). The molecule has 1 saturated carbocycles. The summed E-state index contributed by atoms with van der Waals surface area (Å²) in [6.45, 7) is 1.80. The van der Waals surface area contributed by atoms with Crippen molar-refractivity contribution in [2.24, 2.45) is 0 Å². The highest BCUT2D eigenvalue weighted by Gasteiger charge is 2.31. The van der Waals surface area contributed by atoms with Gasteiger partial charge in [-0.2, -0.15) is 0 Å². The molecule has 2 N–H and O–H groups in total. The SMILES string of the molecule is Nc1nc(C2=CCOCC2)nc2c1C(c1ccc(C3CCC3)cc1)OC2. The Bertz CT molecular complexity index is 856. The van der Waals surface area contributed by atoms with Crippen molar-refractivity contribution in [3.05, 3.63) is 58.6 Å². The van der Waals surface area contributed by atoms with E-state index >= 15 is 0 Å². The molecule has 1 aromatic heterocycles. The van der Waals surface area contributed by atoms with E-state index in [4.69, 9.17) is 20.2 Å². The first-order valence-electron chi connectivity index (χ1n) is 9.44. The second-order valence-corrected chi connectivity index (χ2v) is 7.33. The van der Waals surface area contributed by atoms with Gasteiger partial charge < -0.3 is 15.2 Å². The molecule has 0 bridgehead atoms. The van der Waals surface area contributed by atoms with Gasteiger partial charge in [0.15, 0.2) is 5.82 Å². The molecule has 5 heteroatoms. The average Bonchev–Trinajstić information content (AvgIpc) is 3.06. The Morgan fingerprint density at radius 3 is 2.54 bits per heavy atom. The molecule has 2 aromatic rings. The van der Waals surface area contributed by atoms with E-state index in [-0.39, 0.29) is 6.10 Å². The molecule has 1 atom stereocenters. The zero-order valence-electron chi connectivity index (χ0n) is 14.8. The Labute approximate surface area is 153 Å². The number of rotatable bonds is 3. The predicted octanol–water partition coefficient (Wildman–Crippen LogP) is 3.75. The Morgan fingerprint density at radius 2 is 1.85 bits per heavy atom. The molecule has 26 heavy (non-hydrogen) atoms. The van der Waals surface area contributed by atoms with Crippen LogP contribution < -0.4 is 5.73 Å². The van der Waals surface area contributed by atoms with Crippen LogP contribution in [0, 0.1) is 0 Å². The van der Waals surface area contributed by atoms with Crippen molar-refractivity contribution in [1.82, 2.24) is 9.97 Å². The van der Waals surface area contributed by atoms with Crippen LogP contribution in [0.3, 0.4) is 0 Å². The topological polar surface area (TPSA) is 70.3 Å². The molecule has 3 aliphatic rings. The number of nitrogens with zero attached hydrogens (tertiary/aromatic N) is 2. The standard InChI is InChI=1S/C21H23N3O2/c22-20-18-17(23-21(24-20)16-8-10-25-11-9-16)12-26-19(18)15-6-4-14(5-7-15)13-2-1-3-13/h4-8,13,19H,1-3,9-12H2,(H2,22,23,24). The molecule has 1 unspecified atom stereocenters.